The smallest absolute Gasteiger partial charge is 0.390 e. The fourth-order valence-electron chi connectivity index (χ4n) is 3.96. The number of benzene rings is 1. The molecule has 0 spiro atoms. The summed E-state index contributed by atoms with van der Waals surface area (Å²) in [6.45, 7) is 0.646. The summed E-state index contributed by atoms with van der Waals surface area (Å²) in [5, 5.41) is 13.6. The summed E-state index contributed by atoms with van der Waals surface area (Å²) in [5.41, 5.74) is -2.78. The number of hydrogen-bond acceptors (Lipinski definition) is 6. The molecule has 2 N–H and O–H groups in total. The van der Waals surface area contributed by atoms with Gasteiger partial charge in [0.1, 0.15) is 4.90 Å². The van der Waals surface area contributed by atoms with Crippen LogP contribution < -0.4 is 10.2 Å². The number of β-amino-alcohol motifs (C(OH)–C–C–N with tert-alkyl or cyclic N) is 1. The van der Waals surface area contributed by atoms with Crippen LogP contribution in [-0.4, -0.2) is 43.7 Å². The Hall–Kier alpha value is -2.38. The van der Waals surface area contributed by atoms with Gasteiger partial charge < -0.3 is 15.3 Å². The number of halogens is 6. The molecular formula is C19H17F6N3O3S. The van der Waals surface area contributed by atoms with Gasteiger partial charge in [-0.25, -0.2) is 13.4 Å². The van der Waals surface area contributed by atoms with Crippen molar-refractivity contribution in [3.63, 3.8) is 0 Å². The predicted molar refractivity (Wildman–Crippen MR) is 100 cm³/mol. The molecule has 2 atom stereocenters. The third-order valence-electron chi connectivity index (χ3n) is 5.50. The SMILES string of the molecule is O=S1(=O)c2cc(C(F)(F)F)ccc2N([C@H]2CCCNC[C@@H]2O)c2ncc(C(F)(F)F)cc21. The van der Waals surface area contributed by atoms with Gasteiger partial charge in [0.25, 0.3) is 0 Å². The zero-order valence-electron chi connectivity index (χ0n) is 16.2. The van der Waals surface area contributed by atoms with Crippen LogP contribution in [0, 0.1) is 0 Å². The lowest BCUT2D eigenvalue weighted by Gasteiger charge is -2.39. The van der Waals surface area contributed by atoms with Gasteiger partial charge in [-0.05, 0) is 43.7 Å². The van der Waals surface area contributed by atoms with E-state index in [1.807, 2.05) is 0 Å². The minimum Gasteiger partial charge on any atom is -0.390 e. The number of aliphatic hydroxyl groups is 1. The molecular weight excluding hydrogens is 464 g/mol. The monoisotopic (exact) mass is 481 g/mol. The van der Waals surface area contributed by atoms with Crippen LogP contribution in [0.5, 0.6) is 0 Å². The van der Waals surface area contributed by atoms with Gasteiger partial charge >= 0.3 is 12.4 Å². The molecule has 13 heteroatoms. The Kier molecular flexibility index (Phi) is 5.41. The molecule has 2 aromatic rings. The highest BCUT2D eigenvalue weighted by Gasteiger charge is 2.44. The van der Waals surface area contributed by atoms with Crippen LogP contribution in [0.1, 0.15) is 24.0 Å². The second-order valence-electron chi connectivity index (χ2n) is 7.58. The van der Waals surface area contributed by atoms with Crippen LogP contribution in [0.2, 0.25) is 0 Å². The fourth-order valence-corrected chi connectivity index (χ4v) is 5.59. The lowest BCUT2D eigenvalue weighted by molar-refractivity contribution is -0.138. The molecule has 0 unspecified atom stereocenters. The van der Waals surface area contributed by atoms with Gasteiger partial charge in [-0.15, -0.1) is 0 Å². The van der Waals surface area contributed by atoms with Crippen molar-refractivity contribution in [3.05, 3.63) is 41.6 Å². The molecule has 0 radical (unpaired) electrons. The van der Waals surface area contributed by atoms with Crippen LogP contribution in [0.15, 0.2) is 40.3 Å². The maximum Gasteiger partial charge on any atom is 0.417 e. The Morgan fingerprint density at radius 2 is 1.69 bits per heavy atom. The average Bonchev–Trinajstić information content (AvgIpc) is 2.91. The maximum atomic E-state index is 13.3. The van der Waals surface area contributed by atoms with Crippen molar-refractivity contribution >= 4 is 21.3 Å². The first-order valence-corrected chi connectivity index (χ1v) is 11.0. The van der Waals surface area contributed by atoms with Crippen molar-refractivity contribution in [1.29, 1.82) is 0 Å². The number of sulfone groups is 1. The van der Waals surface area contributed by atoms with E-state index in [1.165, 1.54) is 4.90 Å². The van der Waals surface area contributed by atoms with Gasteiger partial charge in [-0.1, -0.05) is 0 Å². The van der Waals surface area contributed by atoms with E-state index in [9.17, 15) is 39.9 Å². The Morgan fingerprint density at radius 3 is 2.34 bits per heavy atom. The van der Waals surface area contributed by atoms with E-state index < -0.39 is 55.3 Å². The molecule has 32 heavy (non-hydrogen) atoms. The Bertz CT molecular complexity index is 1080. The lowest BCUT2D eigenvalue weighted by atomic mass is 10.0. The first-order chi connectivity index (χ1) is 14.8. The van der Waals surface area contributed by atoms with Gasteiger partial charge in [0.05, 0.1) is 33.9 Å². The van der Waals surface area contributed by atoms with Crippen molar-refractivity contribution in [3.8, 4) is 0 Å². The van der Waals surface area contributed by atoms with E-state index in [1.54, 1.807) is 0 Å². The molecule has 2 aliphatic rings. The van der Waals surface area contributed by atoms with E-state index >= 15 is 0 Å². The first kappa shape index (κ1) is 22.8. The number of aromatic nitrogens is 1. The minimum absolute atomic E-state index is 0.111. The normalized spacial score (nSPS) is 23.3. The van der Waals surface area contributed by atoms with E-state index in [-0.39, 0.29) is 18.1 Å². The zero-order valence-corrected chi connectivity index (χ0v) is 17.0. The molecule has 0 bridgehead atoms. The highest BCUT2D eigenvalue weighted by Crippen LogP contribution is 2.48. The van der Waals surface area contributed by atoms with Crippen LogP contribution in [0.3, 0.4) is 0 Å². The molecule has 1 saturated heterocycles. The largest absolute Gasteiger partial charge is 0.417 e. The van der Waals surface area contributed by atoms with Crippen molar-refractivity contribution < 1.29 is 39.9 Å². The molecule has 4 rings (SSSR count). The van der Waals surface area contributed by atoms with Gasteiger partial charge in [-0.3, -0.25) is 0 Å². The summed E-state index contributed by atoms with van der Waals surface area (Å²) >= 11 is 0. The van der Waals surface area contributed by atoms with Gasteiger partial charge in [0.15, 0.2) is 5.82 Å². The summed E-state index contributed by atoms with van der Waals surface area (Å²) in [5.74, 6) is -0.365. The van der Waals surface area contributed by atoms with Gasteiger partial charge in [0, 0.05) is 12.7 Å². The summed E-state index contributed by atoms with van der Waals surface area (Å²) in [4.78, 5) is 3.34. The molecule has 1 aromatic heterocycles. The number of fused-ring (bicyclic) bond motifs is 2. The first-order valence-electron chi connectivity index (χ1n) is 9.53. The summed E-state index contributed by atoms with van der Waals surface area (Å²) in [6, 6.07) is 1.59. The number of nitrogens with one attached hydrogen (secondary N) is 1. The number of anilines is 2. The highest BCUT2D eigenvalue weighted by atomic mass is 32.2. The Morgan fingerprint density at radius 1 is 1.03 bits per heavy atom. The second kappa shape index (κ2) is 7.59. The van der Waals surface area contributed by atoms with Crippen LogP contribution in [0.4, 0.5) is 37.8 Å². The zero-order chi connectivity index (χ0) is 23.5. The molecule has 0 amide bonds. The molecule has 6 nitrogen and oxygen atoms in total. The van der Waals surface area contributed by atoms with Crippen molar-refractivity contribution in [1.82, 2.24) is 10.3 Å². The van der Waals surface area contributed by atoms with Crippen molar-refractivity contribution in [2.75, 3.05) is 18.0 Å². The number of rotatable bonds is 1. The third kappa shape index (κ3) is 3.82. The van der Waals surface area contributed by atoms with E-state index in [2.05, 4.69) is 10.3 Å². The molecule has 0 saturated carbocycles. The molecule has 0 aliphatic carbocycles. The Balaban J connectivity index is 2.00. The van der Waals surface area contributed by atoms with Crippen LogP contribution in [-0.2, 0) is 22.2 Å². The van der Waals surface area contributed by atoms with Crippen LogP contribution in [0.25, 0.3) is 0 Å². The molecule has 174 valence electrons. The van der Waals surface area contributed by atoms with E-state index in [4.69, 9.17) is 0 Å². The summed E-state index contributed by atoms with van der Waals surface area (Å²) < 4.78 is 106. The number of nitrogens with zero attached hydrogens (tertiary/aromatic N) is 2. The fraction of sp³-hybridized carbons (Fsp3) is 0.421. The predicted octanol–water partition coefficient (Wildman–Crippen LogP) is 3.52. The Labute approximate surface area is 178 Å². The number of aliphatic hydroxyl groups excluding tert-OH is 1. The van der Waals surface area contributed by atoms with E-state index in [0.717, 1.165) is 6.07 Å². The number of pyridine rings is 1. The molecule has 1 aromatic carbocycles. The summed E-state index contributed by atoms with van der Waals surface area (Å²) in [7, 11) is -4.77. The highest BCUT2D eigenvalue weighted by molar-refractivity contribution is 7.92. The number of alkyl halides is 6. The van der Waals surface area contributed by atoms with Gasteiger partial charge in [-0.2, -0.15) is 26.3 Å². The number of hydrogen-bond donors (Lipinski definition) is 2. The lowest BCUT2D eigenvalue weighted by Crippen LogP contribution is -2.46. The standard InChI is InChI=1S/C19H17F6N3O3S/c20-18(21,22)10-3-4-13-15(6-10)32(30,31)16-7-11(19(23,24)25)8-27-17(16)28(13)12-2-1-5-26-9-14(12)29/h3-4,6-8,12,14,26,29H,1-2,5,9H2/t12-,14-/m0/s1. The molecule has 2 aliphatic heterocycles. The van der Waals surface area contributed by atoms with Crippen molar-refractivity contribution in [2.24, 2.45) is 0 Å². The maximum absolute atomic E-state index is 13.3. The average molecular weight is 481 g/mol. The van der Waals surface area contributed by atoms with E-state index in [0.29, 0.717) is 43.8 Å². The topological polar surface area (TPSA) is 82.5 Å². The second-order valence-corrected chi connectivity index (χ2v) is 9.46. The van der Waals surface area contributed by atoms with Gasteiger partial charge in [0.2, 0.25) is 9.84 Å². The quantitative estimate of drug-likeness (QED) is 0.607. The van der Waals surface area contributed by atoms with Crippen molar-refractivity contribution in [2.45, 2.75) is 47.1 Å². The molecule has 3 heterocycles. The van der Waals surface area contributed by atoms with Crippen LogP contribution >= 0.6 is 0 Å². The summed E-state index contributed by atoms with van der Waals surface area (Å²) in [6.07, 6.45) is -9.55. The minimum atomic E-state index is -4.91. The molecule has 1 fully saturated rings. The third-order valence-corrected chi connectivity index (χ3v) is 7.28.